The summed E-state index contributed by atoms with van der Waals surface area (Å²) in [6.45, 7) is 3.30. The van der Waals surface area contributed by atoms with Crippen molar-refractivity contribution in [1.82, 2.24) is 5.32 Å². The van der Waals surface area contributed by atoms with Crippen LogP contribution in [-0.4, -0.2) is 29.6 Å². The molecule has 0 saturated carbocycles. The Balaban J connectivity index is 1.92. The lowest BCUT2D eigenvalue weighted by Crippen LogP contribution is -2.44. The van der Waals surface area contributed by atoms with E-state index in [-0.39, 0.29) is 18.5 Å². The van der Waals surface area contributed by atoms with E-state index in [4.69, 9.17) is 5.11 Å². The van der Waals surface area contributed by atoms with E-state index in [0.29, 0.717) is 6.42 Å². The Kier molecular flexibility index (Phi) is 3.46. The molecule has 0 spiro atoms. The molecule has 1 aromatic rings. The smallest absolute Gasteiger partial charge is 0.310 e. The summed E-state index contributed by atoms with van der Waals surface area (Å²) in [5.74, 6) is -1.08. The molecule has 1 unspecified atom stereocenters. The Hall–Kier alpha value is -2.04. The molecule has 0 fully saturated rings. The normalized spacial score (nSPS) is 17.5. The van der Waals surface area contributed by atoms with Gasteiger partial charge in [-0.1, -0.05) is 18.2 Å². The lowest BCUT2D eigenvalue weighted by Gasteiger charge is -2.21. The van der Waals surface area contributed by atoms with Gasteiger partial charge >= 0.3 is 5.97 Å². The van der Waals surface area contributed by atoms with E-state index in [1.54, 1.807) is 13.8 Å². The van der Waals surface area contributed by atoms with Crippen LogP contribution in [0.1, 0.15) is 19.4 Å². The number of carboxylic acids is 1. The molecule has 19 heavy (non-hydrogen) atoms. The Morgan fingerprint density at radius 1 is 1.42 bits per heavy atom. The number of carbonyl (C=O) groups is 2. The van der Waals surface area contributed by atoms with Gasteiger partial charge in [-0.05, 0) is 25.5 Å². The van der Waals surface area contributed by atoms with Crippen LogP contribution in [0.2, 0.25) is 0 Å². The third-order valence-electron chi connectivity index (χ3n) is 3.37. The predicted octanol–water partition coefficient (Wildman–Crippen LogP) is 1.25. The van der Waals surface area contributed by atoms with Gasteiger partial charge in [-0.2, -0.15) is 0 Å². The number of amides is 1. The summed E-state index contributed by atoms with van der Waals surface area (Å²) in [5, 5.41) is 14.8. The highest BCUT2D eigenvalue weighted by Crippen LogP contribution is 2.25. The molecule has 1 aromatic carbocycles. The number of rotatable bonds is 4. The minimum Gasteiger partial charge on any atom is -0.481 e. The first kappa shape index (κ1) is 13.4. The predicted molar refractivity (Wildman–Crippen MR) is 72.0 cm³/mol. The minimum absolute atomic E-state index is 0.121. The van der Waals surface area contributed by atoms with E-state index in [0.717, 1.165) is 11.3 Å². The number of hydrogen-bond donors (Lipinski definition) is 3. The third kappa shape index (κ3) is 2.86. The summed E-state index contributed by atoms with van der Waals surface area (Å²) in [7, 11) is 0. The average molecular weight is 262 g/mol. The van der Waals surface area contributed by atoms with Gasteiger partial charge in [0.15, 0.2) is 0 Å². The molecule has 1 amide bonds. The maximum atomic E-state index is 12.0. The topological polar surface area (TPSA) is 78.4 Å². The third-order valence-corrected chi connectivity index (χ3v) is 3.37. The monoisotopic (exact) mass is 262 g/mol. The molecule has 0 radical (unpaired) electrons. The van der Waals surface area contributed by atoms with Crippen LogP contribution in [0.15, 0.2) is 24.3 Å². The van der Waals surface area contributed by atoms with Crippen LogP contribution in [0.4, 0.5) is 5.69 Å². The Morgan fingerprint density at radius 3 is 2.74 bits per heavy atom. The molecule has 1 aliphatic rings. The van der Waals surface area contributed by atoms with Crippen LogP contribution in [0.5, 0.6) is 0 Å². The van der Waals surface area contributed by atoms with E-state index in [1.165, 1.54) is 0 Å². The highest BCUT2D eigenvalue weighted by atomic mass is 16.4. The van der Waals surface area contributed by atoms with Gasteiger partial charge in [-0.15, -0.1) is 0 Å². The summed E-state index contributed by atoms with van der Waals surface area (Å²) < 4.78 is 0. The standard InChI is InChI=1S/C14H18N2O3/c1-14(2,13(18)19)8-15-12(17)11-7-9-5-3-4-6-10(9)16-11/h3-6,11,16H,7-8H2,1-2H3,(H,15,17)(H,18,19). The fraction of sp³-hybridized carbons (Fsp3) is 0.429. The van der Waals surface area contributed by atoms with E-state index in [1.807, 2.05) is 24.3 Å². The van der Waals surface area contributed by atoms with Gasteiger partial charge in [0.25, 0.3) is 0 Å². The molecule has 1 atom stereocenters. The van der Waals surface area contributed by atoms with Gasteiger partial charge in [-0.25, -0.2) is 0 Å². The lowest BCUT2D eigenvalue weighted by molar-refractivity contribution is -0.146. The molecule has 5 nitrogen and oxygen atoms in total. The van der Waals surface area contributed by atoms with Crippen LogP contribution in [0.3, 0.4) is 0 Å². The molecular weight excluding hydrogens is 244 g/mol. The first-order chi connectivity index (χ1) is 8.90. The van der Waals surface area contributed by atoms with Crippen molar-refractivity contribution in [2.24, 2.45) is 5.41 Å². The quantitative estimate of drug-likeness (QED) is 0.763. The van der Waals surface area contributed by atoms with Crippen LogP contribution < -0.4 is 10.6 Å². The van der Waals surface area contributed by atoms with E-state index in [9.17, 15) is 9.59 Å². The number of anilines is 1. The van der Waals surface area contributed by atoms with Crippen molar-refractivity contribution in [1.29, 1.82) is 0 Å². The maximum Gasteiger partial charge on any atom is 0.310 e. The first-order valence-electron chi connectivity index (χ1n) is 6.26. The second kappa shape index (κ2) is 4.91. The molecule has 0 aliphatic carbocycles. The Bertz CT molecular complexity index is 486. The van der Waals surface area contributed by atoms with Crippen LogP contribution in [0, 0.1) is 5.41 Å². The van der Waals surface area contributed by atoms with E-state index >= 15 is 0 Å². The number of aliphatic carboxylic acids is 1. The van der Waals surface area contributed by atoms with E-state index < -0.39 is 11.4 Å². The molecule has 3 N–H and O–H groups in total. The zero-order valence-corrected chi connectivity index (χ0v) is 11.1. The van der Waals surface area contributed by atoms with Crippen molar-refractivity contribution in [2.75, 3.05) is 11.9 Å². The number of carboxylic acid groups (broad SMARTS) is 1. The van der Waals surface area contributed by atoms with Gasteiger partial charge < -0.3 is 15.7 Å². The van der Waals surface area contributed by atoms with Gasteiger partial charge in [0.05, 0.1) is 5.41 Å². The van der Waals surface area contributed by atoms with Crippen molar-refractivity contribution >= 4 is 17.6 Å². The second-order valence-electron chi connectivity index (χ2n) is 5.47. The molecule has 0 saturated heterocycles. The lowest BCUT2D eigenvalue weighted by atomic mass is 9.94. The van der Waals surface area contributed by atoms with Crippen LogP contribution in [-0.2, 0) is 16.0 Å². The summed E-state index contributed by atoms with van der Waals surface area (Å²) in [5.41, 5.74) is 1.13. The minimum atomic E-state index is -0.957. The molecule has 1 aliphatic heterocycles. The van der Waals surface area contributed by atoms with Crippen molar-refractivity contribution in [3.05, 3.63) is 29.8 Å². The molecule has 0 aromatic heterocycles. The number of nitrogens with one attached hydrogen (secondary N) is 2. The van der Waals surface area contributed by atoms with Crippen LogP contribution >= 0.6 is 0 Å². The fourth-order valence-corrected chi connectivity index (χ4v) is 1.96. The van der Waals surface area contributed by atoms with Gasteiger partial charge in [0, 0.05) is 18.7 Å². The Morgan fingerprint density at radius 2 is 2.11 bits per heavy atom. The fourth-order valence-electron chi connectivity index (χ4n) is 1.96. The maximum absolute atomic E-state index is 12.0. The van der Waals surface area contributed by atoms with Gasteiger partial charge in [0.2, 0.25) is 5.91 Å². The highest BCUT2D eigenvalue weighted by Gasteiger charge is 2.31. The van der Waals surface area contributed by atoms with Crippen molar-refractivity contribution in [3.63, 3.8) is 0 Å². The number of para-hydroxylation sites is 1. The summed E-state index contributed by atoms with van der Waals surface area (Å²) >= 11 is 0. The summed E-state index contributed by atoms with van der Waals surface area (Å²) in [4.78, 5) is 23.0. The largest absolute Gasteiger partial charge is 0.481 e. The molecule has 102 valence electrons. The Labute approximate surface area is 112 Å². The van der Waals surface area contributed by atoms with Crippen molar-refractivity contribution in [3.8, 4) is 0 Å². The first-order valence-corrected chi connectivity index (χ1v) is 6.26. The van der Waals surface area contributed by atoms with Gasteiger partial charge in [-0.3, -0.25) is 9.59 Å². The number of fused-ring (bicyclic) bond motifs is 1. The van der Waals surface area contributed by atoms with Crippen LogP contribution in [0.25, 0.3) is 0 Å². The molecule has 5 heteroatoms. The average Bonchev–Trinajstić information content (AvgIpc) is 2.79. The van der Waals surface area contributed by atoms with Gasteiger partial charge in [0.1, 0.15) is 6.04 Å². The van der Waals surface area contributed by atoms with Crippen molar-refractivity contribution in [2.45, 2.75) is 26.3 Å². The molecular formula is C14H18N2O3. The molecule has 0 bridgehead atoms. The number of benzene rings is 1. The highest BCUT2D eigenvalue weighted by molar-refractivity contribution is 5.88. The van der Waals surface area contributed by atoms with Crippen molar-refractivity contribution < 1.29 is 14.7 Å². The molecule has 1 heterocycles. The van der Waals surface area contributed by atoms with E-state index in [2.05, 4.69) is 10.6 Å². The zero-order chi connectivity index (χ0) is 14.0. The summed E-state index contributed by atoms with van der Waals surface area (Å²) in [6.07, 6.45) is 0.634. The zero-order valence-electron chi connectivity index (χ0n) is 11.1. The second-order valence-corrected chi connectivity index (χ2v) is 5.47. The number of carbonyl (C=O) groups excluding carboxylic acids is 1. The number of hydrogen-bond acceptors (Lipinski definition) is 3. The molecule has 2 rings (SSSR count). The SMILES string of the molecule is CC(C)(CNC(=O)C1Cc2ccccc2N1)C(=O)O. The summed E-state index contributed by atoms with van der Waals surface area (Å²) in [6, 6.07) is 7.45.